The van der Waals surface area contributed by atoms with Gasteiger partial charge in [0.15, 0.2) is 0 Å². The Hall–Kier alpha value is -1.12. The molecule has 0 radical (unpaired) electrons. The van der Waals surface area contributed by atoms with Crippen molar-refractivity contribution in [1.82, 2.24) is 10.2 Å². The van der Waals surface area contributed by atoms with Crippen LogP contribution in [0.15, 0.2) is 17.3 Å². The molecule has 13 heavy (non-hydrogen) atoms. The van der Waals surface area contributed by atoms with Crippen LogP contribution >= 0.6 is 11.8 Å². The summed E-state index contributed by atoms with van der Waals surface area (Å²) in [5.74, 6) is 0. The van der Waals surface area contributed by atoms with E-state index in [1.807, 2.05) is 13.0 Å². The van der Waals surface area contributed by atoms with Crippen molar-refractivity contribution in [1.29, 1.82) is 5.26 Å². The van der Waals surface area contributed by atoms with Crippen LogP contribution < -0.4 is 0 Å². The number of rotatable bonds is 3. The fourth-order valence-electron chi connectivity index (χ4n) is 0.709. The fraction of sp³-hybridized carbons (Fsp3) is 0.375. The highest BCUT2D eigenvalue weighted by Crippen LogP contribution is 2.20. The first-order valence-electron chi connectivity index (χ1n) is 3.76. The third kappa shape index (κ3) is 3.01. The molecule has 4 nitrogen and oxygen atoms in total. The summed E-state index contributed by atoms with van der Waals surface area (Å²) in [6, 6.07) is 3.64. The second-order valence-corrected chi connectivity index (χ2v) is 3.96. The van der Waals surface area contributed by atoms with E-state index in [2.05, 4.69) is 10.2 Å². The maximum absolute atomic E-state index is 8.79. The SMILES string of the molecule is CC(CO)Sc1cc(C#N)cnn1. The van der Waals surface area contributed by atoms with Gasteiger partial charge in [0, 0.05) is 5.25 Å². The van der Waals surface area contributed by atoms with Crippen LogP contribution in [0.4, 0.5) is 0 Å². The molecule has 1 atom stereocenters. The molecule has 1 unspecified atom stereocenters. The normalized spacial score (nSPS) is 12.1. The minimum atomic E-state index is 0.0724. The van der Waals surface area contributed by atoms with Gasteiger partial charge in [-0.2, -0.15) is 10.4 Å². The molecule has 0 aliphatic heterocycles. The molecule has 1 heterocycles. The minimum absolute atomic E-state index is 0.0724. The Balaban J connectivity index is 2.73. The molecular formula is C8H9N3OS. The van der Waals surface area contributed by atoms with E-state index in [-0.39, 0.29) is 11.9 Å². The molecule has 1 aromatic heterocycles. The third-order valence-electron chi connectivity index (χ3n) is 1.34. The largest absolute Gasteiger partial charge is 0.395 e. The highest BCUT2D eigenvalue weighted by atomic mass is 32.2. The molecule has 68 valence electrons. The lowest BCUT2D eigenvalue weighted by atomic mass is 10.3. The predicted molar refractivity (Wildman–Crippen MR) is 49.2 cm³/mol. The van der Waals surface area contributed by atoms with E-state index in [1.54, 1.807) is 6.07 Å². The average Bonchev–Trinajstić information content (AvgIpc) is 2.18. The maximum Gasteiger partial charge on any atom is 0.120 e. The van der Waals surface area contributed by atoms with Crippen molar-refractivity contribution in [2.24, 2.45) is 0 Å². The Kier molecular flexibility index (Phi) is 3.68. The van der Waals surface area contributed by atoms with Gasteiger partial charge >= 0.3 is 0 Å². The van der Waals surface area contributed by atoms with Crippen LogP contribution in [0.25, 0.3) is 0 Å². The summed E-state index contributed by atoms with van der Waals surface area (Å²) >= 11 is 1.40. The van der Waals surface area contributed by atoms with Crippen molar-refractivity contribution in [3.63, 3.8) is 0 Å². The van der Waals surface area contributed by atoms with Crippen LogP contribution in [0.2, 0.25) is 0 Å². The van der Waals surface area contributed by atoms with E-state index in [4.69, 9.17) is 10.4 Å². The second-order valence-electron chi connectivity index (χ2n) is 2.51. The lowest BCUT2D eigenvalue weighted by Gasteiger charge is -2.04. The highest BCUT2D eigenvalue weighted by molar-refractivity contribution is 7.99. The van der Waals surface area contributed by atoms with E-state index >= 15 is 0 Å². The number of nitrogens with zero attached hydrogens (tertiary/aromatic N) is 3. The molecule has 1 N–H and O–H groups in total. The van der Waals surface area contributed by atoms with Gasteiger partial charge in [-0.3, -0.25) is 0 Å². The van der Waals surface area contributed by atoms with Gasteiger partial charge in [-0.25, -0.2) is 0 Å². The van der Waals surface area contributed by atoms with Crippen molar-refractivity contribution in [2.45, 2.75) is 17.2 Å². The van der Waals surface area contributed by atoms with Gasteiger partial charge in [-0.15, -0.1) is 5.10 Å². The summed E-state index contributed by atoms with van der Waals surface area (Å²) in [6.07, 6.45) is 1.41. The van der Waals surface area contributed by atoms with Crippen LogP contribution in [-0.4, -0.2) is 27.2 Å². The summed E-state index contributed by atoms with van der Waals surface area (Å²) in [5.41, 5.74) is 0.489. The third-order valence-corrected chi connectivity index (χ3v) is 2.33. The minimum Gasteiger partial charge on any atom is -0.395 e. The van der Waals surface area contributed by atoms with E-state index < -0.39 is 0 Å². The van der Waals surface area contributed by atoms with Gasteiger partial charge in [0.2, 0.25) is 0 Å². The van der Waals surface area contributed by atoms with Gasteiger partial charge in [0.1, 0.15) is 11.1 Å². The summed E-state index contributed by atoms with van der Waals surface area (Å²) < 4.78 is 0. The molecule has 1 aromatic rings. The van der Waals surface area contributed by atoms with Crippen molar-refractivity contribution in [3.05, 3.63) is 17.8 Å². The highest BCUT2D eigenvalue weighted by Gasteiger charge is 2.04. The van der Waals surface area contributed by atoms with Crippen molar-refractivity contribution in [3.8, 4) is 6.07 Å². The number of aromatic nitrogens is 2. The topological polar surface area (TPSA) is 69.8 Å². The van der Waals surface area contributed by atoms with Crippen LogP contribution in [0, 0.1) is 11.3 Å². The summed E-state index contributed by atoms with van der Waals surface area (Å²) in [4.78, 5) is 0. The van der Waals surface area contributed by atoms with Crippen LogP contribution in [0.5, 0.6) is 0 Å². The zero-order valence-electron chi connectivity index (χ0n) is 7.14. The molecule has 0 aliphatic rings. The summed E-state index contributed by atoms with van der Waals surface area (Å²) in [5, 5.41) is 25.6. The van der Waals surface area contributed by atoms with Crippen LogP contribution in [0.3, 0.4) is 0 Å². The van der Waals surface area contributed by atoms with Crippen molar-refractivity contribution >= 4 is 11.8 Å². The maximum atomic E-state index is 8.79. The Morgan fingerprint density at radius 2 is 2.54 bits per heavy atom. The fourth-order valence-corrected chi connectivity index (χ4v) is 1.49. The zero-order chi connectivity index (χ0) is 9.68. The van der Waals surface area contributed by atoms with Gasteiger partial charge in [-0.05, 0) is 6.07 Å². The first-order chi connectivity index (χ1) is 6.26. The molecule has 0 aliphatic carbocycles. The summed E-state index contributed by atoms with van der Waals surface area (Å²) in [7, 11) is 0. The quantitative estimate of drug-likeness (QED) is 0.723. The number of aliphatic hydroxyl groups is 1. The smallest absolute Gasteiger partial charge is 0.120 e. The van der Waals surface area contributed by atoms with Gasteiger partial charge < -0.3 is 5.11 Å². The molecule has 0 aromatic carbocycles. The van der Waals surface area contributed by atoms with E-state index in [1.165, 1.54) is 18.0 Å². The lowest BCUT2D eigenvalue weighted by Crippen LogP contribution is -2.02. The van der Waals surface area contributed by atoms with E-state index in [9.17, 15) is 0 Å². The van der Waals surface area contributed by atoms with Gasteiger partial charge in [-0.1, -0.05) is 18.7 Å². The van der Waals surface area contributed by atoms with Crippen LogP contribution in [0.1, 0.15) is 12.5 Å². The predicted octanol–water partition coefficient (Wildman–Crippen LogP) is 0.821. The Morgan fingerprint density at radius 1 is 1.77 bits per heavy atom. The molecule has 0 bridgehead atoms. The molecular weight excluding hydrogens is 186 g/mol. The van der Waals surface area contributed by atoms with Crippen molar-refractivity contribution in [2.75, 3.05) is 6.61 Å². The molecule has 1 rings (SSSR count). The van der Waals surface area contributed by atoms with E-state index in [0.29, 0.717) is 10.6 Å². The van der Waals surface area contributed by atoms with Gasteiger partial charge in [0.25, 0.3) is 0 Å². The first kappa shape index (κ1) is 9.96. The number of nitriles is 1. The number of hydrogen-bond acceptors (Lipinski definition) is 5. The monoisotopic (exact) mass is 195 g/mol. The Morgan fingerprint density at radius 3 is 3.15 bits per heavy atom. The standard InChI is InChI=1S/C8H9N3OS/c1-6(5-12)13-8-2-7(3-9)4-10-11-8/h2,4,6,12H,5H2,1H3. The molecule has 5 heteroatoms. The van der Waals surface area contributed by atoms with Gasteiger partial charge in [0.05, 0.1) is 18.4 Å². The summed E-state index contributed by atoms with van der Waals surface area (Å²) in [6.45, 7) is 1.97. The first-order valence-corrected chi connectivity index (χ1v) is 4.64. The Labute approximate surface area is 80.6 Å². The van der Waals surface area contributed by atoms with E-state index in [0.717, 1.165) is 0 Å². The number of aliphatic hydroxyl groups excluding tert-OH is 1. The molecule has 0 fully saturated rings. The van der Waals surface area contributed by atoms with Crippen molar-refractivity contribution < 1.29 is 5.11 Å². The molecule has 0 spiro atoms. The van der Waals surface area contributed by atoms with Crippen LogP contribution in [-0.2, 0) is 0 Å². The Bertz CT molecular complexity index is 323. The lowest BCUT2D eigenvalue weighted by molar-refractivity contribution is 0.300. The average molecular weight is 195 g/mol. The molecule has 0 saturated heterocycles. The zero-order valence-corrected chi connectivity index (χ0v) is 7.95. The number of thioether (sulfide) groups is 1. The second kappa shape index (κ2) is 4.80. The molecule has 0 amide bonds. The molecule has 0 saturated carbocycles. The number of hydrogen-bond donors (Lipinski definition) is 1.